The van der Waals surface area contributed by atoms with Crippen LogP contribution in [0.3, 0.4) is 0 Å². The van der Waals surface area contributed by atoms with Crippen molar-refractivity contribution >= 4 is 5.91 Å². The summed E-state index contributed by atoms with van der Waals surface area (Å²) < 4.78 is 43.1. The Kier molecular flexibility index (Phi) is 6.12. The lowest BCUT2D eigenvalue weighted by Gasteiger charge is -2.35. The molecule has 22 heavy (non-hydrogen) atoms. The Morgan fingerprint density at radius 1 is 1.14 bits per heavy atom. The van der Waals surface area contributed by atoms with Gasteiger partial charge in [-0.1, -0.05) is 0 Å². The van der Waals surface area contributed by atoms with Gasteiger partial charge < -0.3 is 9.64 Å². The monoisotopic (exact) mass is 321 g/mol. The molecule has 1 aliphatic carbocycles. The molecule has 2 fully saturated rings. The van der Waals surface area contributed by atoms with Gasteiger partial charge in [0.05, 0.1) is 12.5 Å². The van der Waals surface area contributed by atoms with Crippen LogP contribution in [0.15, 0.2) is 0 Å². The Morgan fingerprint density at radius 2 is 1.82 bits per heavy atom. The molecule has 0 aromatic carbocycles. The minimum atomic E-state index is -4.07. The first-order valence-corrected chi connectivity index (χ1v) is 8.23. The van der Waals surface area contributed by atoms with E-state index < -0.39 is 12.1 Å². The van der Waals surface area contributed by atoms with E-state index in [9.17, 15) is 18.0 Å². The zero-order valence-electron chi connectivity index (χ0n) is 13.2. The molecule has 1 aliphatic heterocycles. The van der Waals surface area contributed by atoms with Crippen molar-refractivity contribution in [1.29, 1.82) is 0 Å². The van der Waals surface area contributed by atoms with Crippen molar-refractivity contribution in [1.82, 2.24) is 4.90 Å². The summed E-state index contributed by atoms with van der Waals surface area (Å²) in [5, 5.41) is 0. The molecule has 2 rings (SSSR count). The number of ether oxygens (including phenoxy) is 1. The van der Waals surface area contributed by atoms with Crippen molar-refractivity contribution < 1.29 is 22.7 Å². The first-order chi connectivity index (χ1) is 10.4. The summed E-state index contributed by atoms with van der Waals surface area (Å²) in [4.78, 5) is 14.2. The quantitative estimate of drug-likeness (QED) is 0.791. The summed E-state index contributed by atoms with van der Waals surface area (Å²) in [6, 6.07) is 0. The fourth-order valence-corrected chi connectivity index (χ4v) is 3.73. The maximum Gasteiger partial charge on any atom is 0.391 e. The van der Waals surface area contributed by atoms with Crippen molar-refractivity contribution in [2.45, 2.75) is 51.1 Å². The number of carbonyl (C=O) groups is 1. The van der Waals surface area contributed by atoms with Gasteiger partial charge in [0.1, 0.15) is 0 Å². The van der Waals surface area contributed by atoms with Crippen molar-refractivity contribution in [3.8, 4) is 0 Å². The summed E-state index contributed by atoms with van der Waals surface area (Å²) in [5.74, 6) is -0.547. The Labute approximate surface area is 130 Å². The predicted octanol–water partition coefficient (Wildman–Crippen LogP) is 3.63. The van der Waals surface area contributed by atoms with Crippen LogP contribution in [-0.4, -0.2) is 43.8 Å². The van der Waals surface area contributed by atoms with Crippen LogP contribution in [0.1, 0.15) is 44.9 Å². The van der Waals surface area contributed by atoms with Gasteiger partial charge in [-0.25, -0.2) is 0 Å². The molecule has 128 valence electrons. The Balaban J connectivity index is 1.76. The third kappa shape index (κ3) is 4.86. The van der Waals surface area contributed by atoms with Crippen LogP contribution in [0.25, 0.3) is 0 Å². The van der Waals surface area contributed by atoms with Gasteiger partial charge in [-0.2, -0.15) is 13.2 Å². The fraction of sp³-hybridized carbons (Fsp3) is 0.938. The summed E-state index contributed by atoms with van der Waals surface area (Å²) in [6.07, 6.45) is -0.216. The van der Waals surface area contributed by atoms with E-state index in [1.54, 1.807) is 7.11 Å². The standard InChI is InChI=1S/C16H26F3NO2/c1-22-11-13-3-2-8-20(10-13)15(21)9-12-4-6-14(7-5-12)16(17,18)19/h12-14H,2-11H2,1H3/t12?,13-,14?/m1/s1. The first kappa shape index (κ1) is 17.6. The topological polar surface area (TPSA) is 29.5 Å². The van der Waals surface area contributed by atoms with Gasteiger partial charge in [0, 0.05) is 26.6 Å². The van der Waals surface area contributed by atoms with Crippen molar-refractivity contribution in [2.75, 3.05) is 26.8 Å². The van der Waals surface area contributed by atoms with Gasteiger partial charge >= 0.3 is 6.18 Å². The number of carbonyl (C=O) groups excluding carboxylic acids is 1. The lowest BCUT2D eigenvalue weighted by molar-refractivity contribution is -0.184. The van der Waals surface area contributed by atoms with Crippen LogP contribution in [0.2, 0.25) is 0 Å². The molecule has 0 aromatic heterocycles. The number of rotatable bonds is 4. The van der Waals surface area contributed by atoms with Crippen molar-refractivity contribution in [3.63, 3.8) is 0 Å². The molecule has 6 heteroatoms. The third-order valence-corrected chi connectivity index (χ3v) is 5.05. The molecule has 3 nitrogen and oxygen atoms in total. The van der Waals surface area contributed by atoms with E-state index in [1.165, 1.54) is 0 Å². The van der Waals surface area contributed by atoms with E-state index in [0.29, 0.717) is 31.8 Å². The molecular formula is C16H26F3NO2. The number of alkyl halides is 3. The normalized spacial score (nSPS) is 30.4. The first-order valence-electron chi connectivity index (χ1n) is 8.23. The van der Waals surface area contributed by atoms with Crippen LogP contribution in [-0.2, 0) is 9.53 Å². The molecule has 0 unspecified atom stereocenters. The maximum atomic E-state index is 12.7. The van der Waals surface area contributed by atoms with Crippen molar-refractivity contribution in [3.05, 3.63) is 0 Å². The van der Waals surface area contributed by atoms with Crippen LogP contribution in [0.4, 0.5) is 13.2 Å². The molecule has 0 spiro atoms. The zero-order valence-corrected chi connectivity index (χ0v) is 13.2. The van der Waals surface area contributed by atoms with Crippen LogP contribution in [0, 0.1) is 17.8 Å². The van der Waals surface area contributed by atoms with E-state index in [4.69, 9.17) is 4.74 Å². The smallest absolute Gasteiger partial charge is 0.384 e. The van der Waals surface area contributed by atoms with Crippen LogP contribution < -0.4 is 0 Å². The molecule has 0 radical (unpaired) electrons. The number of nitrogens with zero attached hydrogens (tertiary/aromatic N) is 1. The average molecular weight is 321 g/mol. The van der Waals surface area contributed by atoms with Gasteiger partial charge in [0.25, 0.3) is 0 Å². The number of halogens is 3. The lowest BCUT2D eigenvalue weighted by Crippen LogP contribution is -2.42. The van der Waals surface area contributed by atoms with E-state index in [1.807, 2.05) is 4.90 Å². The molecule has 0 aromatic rings. The number of amides is 1. The average Bonchev–Trinajstić information content (AvgIpc) is 2.47. The number of methoxy groups -OCH3 is 1. The van der Waals surface area contributed by atoms with Gasteiger partial charge in [0.15, 0.2) is 0 Å². The molecule has 1 saturated carbocycles. The van der Waals surface area contributed by atoms with Gasteiger partial charge in [-0.15, -0.1) is 0 Å². The third-order valence-electron chi connectivity index (χ3n) is 5.05. The number of likely N-dealkylation sites (tertiary alicyclic amines) is 1. The molecular weight excluding hydrogens is 295 g/mol. The highest BCUT2D eigenvalue weighted by Gasteiger charge is 2.41. The second kappa shape index (κ2) is 7.66. The molecule has 1 saturated heterocycles. The fourth-order valence-electron chi connectivity index (χ4n) is 3.73. The maximum absolute atomic E-state index is 12.7. The largest absolute Gasteiger partial charge is 0.391 e. The number of piperidine rings is 1. The van der Waals surface area contributed by atoms with E-state index in [-0.39, 0.29) is 24.7 Å². The Bertz CT molecular complexity index is 363. The summed E-state index contributed by atoms with van der Waals surface area (Å²) >= 11 is 0. The van der Waals surface area contributed by atoms with Crippen molar-refractivity contribution in [2.24, 2.45) is 17.8 Å². The lowest BCUT2D eigenvalue weighted by atomic mass is 9.80. The molecule has 2 aliphatic rings. The Hall–Kier alpha value is -0.780. The molecule has 0 bridgehead atoms. The highest BCUT2D eigenvalue weighted by atomic mass is 19.4. The minimum absolute atomic E-state index is 0.108. The minimum Gasteiger partial charge on any atom is -0.384 e. The van der Waals surface area contributed by atoms with Gasteiger partial charge in [-0.3, -0.25) is 4.79 Å². The zero-order chi connectivity index (χ0) is 16.2. The highest BCUT2D eigenvalue weighted by molar-refractivity contribution is 5.76. The summed E-state index contributed by atoms with van der Waals surface area (Å²) in [6.45, 7) is 2.17. The molecule has 1 atom stereocenters. The van der Waals surface area contributed by atoms with Crippen LogP contribution >= 0.6 is 0 Å². The van der Waals surface area contributed by atoms with E-state index >= 15 is 0 Å². The predicted molar refractivity (Wildman–Crippen MR) is 77.3 cm³/mol. The number of hydrogen-bond acceptors (Lipinski definition) is 2. The van der Waals surface area contributed by atoms with Gasteiger partial charge in [0.2, 0.25) is 5.91 Å². The molecule has 1 amide bonds. The Morgan fingerprint density at radius 3 is 2.41 bits per heavy atom. The number of hydrogen-bond donors (Lipinski definition) is 0. The van der Waals surface area contributed by atoms with Crippen LogP contribution in [0.5, 0.6) is 0 Å². The molecule has 1 heterocycles. The SMILES string of the molecule is COC[C@@H]1CCCN(C(=O)CC2CCC(C(F)(F)F)CC2)C1. The molecule has 0 N–H and O–H groups in total. The van der Waals surface area contributed by atoms with Gasteiger partial charge in [-0.05, 0) is 50.4 Å². The second-order valence-corrected chi connectivity index (χ2v) is 6.77. The van der Waals surface area contributed by atoms with E-state index in [0.717, 1.165) is 25.9 Å². The summed E-state index contributed by atoms with van der Waals surface area (Å²) in [5.41, 5.74) is 0. The second-order valence-electron chi connectivity index (χ2n) is 6.77. The highest BCUT2D eigenvalue weighted by Crippen LogP contribution is 2.40. The van der Waals surface area contributed by atoms with E-state index in [2.05, 4.69) is 0 Å². The summed E-state index contributed by atoms with van der Waals surface area (Å²) in [7, 11) is 1.67.